The molecule has 1 aliphatic heterocycles. The molecule has 0 aromatic rings. The van der Waals surface area contributed by atoms with E-state index >= 15 is 0 Å². The smallest absolute Gasteiger partial charge is 0.410 e. The number of aliphatic hydroxyl groups is 1. The molecule has 0 aliphatic carbocycles. The van der Waals surface area contributed by atoms with Crippen molar-refractivity contribution >= 4 is 6.09 Å². The zero-order chi connectivity index (χ0) is 13.1. The highest BCUT2D eigenvalue weighted by molar-refractivity contribution is 5.68. The second-order valence-electron chi connectivity index (χ2n) is 5.26. The van der Waals surface area contributed by atoms with E-state index in [-0.39, 0.29) is 12.1 Å². The highest BCUT2D eigenvalue weighted by Gasteiger charge is 2.31. The van der Waals surface area contributed by atoms with Crippen LogP contribution in [0, 0.1) is 0 Å². The van der Waals surface area contributed by atoms with Crippen LogP contribution in [-0.4, -0.2) is 46.9 Å². The summed E-state index contributed by atoms with van der Waals surface area (Å²) in [5.74, 6) is 0. The molecule has 0 bridgehead atoms. The Kier molecular flexibility index (Phi) is 4.40. The van der Waals surface area contributed by atoms with Crippen LogP contribution >= 0.6 is 0 Å². The van der Waals surface area contributed by atoms with E-state index in [4.69, 9.17) is 4.74 Å². The molecule has 2 N–H and O–H groups in total. The number of carbonyl (C=O) groups excluding carboxylic acids is 1. The molecule has 2 unspecified atom stereocenters. The largest absolute Gasteiger partial charge is 0.444 e. The first-order chi connectivity index (χ1) is 7.83. The number of likely N-dealkylation sites (tertiary alicyclic amines) is 1. The van der Waals surface area contributed by atoms with Crippen molar-refractivity contribution in [1.82, 2.24) is 10.2 Å². The van der Waals surface area contributed by atoms with E-state index < -0.39 is 11.7 Å². The number of β-amino-alcohol motifs (C(OH)–C–C–N with tert-alkyl or cyclic N) is 1. The number of hydrogen-bond donors (Lipinski definition) is 2. The lowest BCUT2D eigenvalue weighted by molar-refractivity contribution is -0.00320. The highest BCUT2D eigenvalue weighted by Crippen LogP contribution is 2.15. The van der Waals surface area contributed by atoms with Crippen LogP contribution in [0.5, 0.6) is 0 Å². The van der Waals surface area contributed by atoms with Gasteiger partial charge in [-0.25, -0.2) is 4.79 Å². The topological polar surface area (TPSA) is 61.8 Å². The summed E-state index contributed by atoms with van der Waals surface area (Å²) in [7, 11) is 0. The molecule has 0 radical (unpaired) electrons. The van der Waals surface area contributed by atoms with Gasteiger partial charge in [-0.15, -0.1) is 0 Å². The first-order valence-corrected chi connectivity index (χ1v) is 5.86. The Bertz CT molecular complexity index is 286. The van der Waals surface area contributed by atoms with Crippen molar-refractivity contribution in [2.24, 2.45) is 0 Å². The monoisotopic (exact) mass is 242 g/mol. The normalized spacial score (nSPS) is 25.3. The summed E-state index contributed by atoms with van der Waals surface area (Å²) in [4.78, 5) is 13.3. The maximum Gasteiger partial charge on any atom is 0.410 e. The van der Waals surface area contributed by atoms with Crippen LogP contribution in [0.25, 0.3) is 0 Å². The number of rotatable bonds is 2. The lowest BCUT2D eigenvalue weighted by Crippen LogP contribution is -2.53. The SMILES string of the molecule is C=CNC1CCN(C(=O)OC(C)(C)C)CC1O. The van der Waals surface area contributed by atoms with Gasteiger partial charge in [-0.2, -0.15) is 0 Å². The molecule has 5 heteroatoms. The number of nitrogens with one attached hydrogen (secondary N) is 1. The Balaban J connectivity index is 2.49. The summed E-state index contributed by atoms with van der Waals surface area (Å²) < 4.78 is 5.26. The van der Waals surface area contributed by atoms with Gasteiger partial charge in [0.15, 0.2) is 0 Å². The van der Waals surface area contributed by atoms with E-state index in [1.54, 1.807) is 6.20 Å². The van der Waals surface area contributed by atoms with E-state index in [9.17, 15) is 9.90 Å². The molecule has 0 aromatic carbocycles. The number of carbonyl (C=O) groups is 1. The second-order valence-corrected chi connectivity index (χ2v) is 5.26. The molecule has 98 valence electrons. The molecule has 1 rings (SSSR count). The molecule has 1 amide bonds. The zero-order valence-electron chi connectivity index (χ0n) is 10.8. The number of aliphatic hydroxyl groups excluding tert-OH is 1. The van der Waals surface area contributed by atoms with Gasteiger partial charge in [-0.3, -0.25) is 0 Å². The van der Waals surface area contributed by atoms with Crippen LogP contribution in [0.15, 0.2) is 12.8 Å². The summed E-state index contributed by atoms with van der Waals surface area (Å²) in [6.45, 7) is 9.92. The summed E-state index contributed by atoms with van der Waals surface area (Å²) in [5, 5.41) is 12.8. The second kappa shape index (κ2) is 5.40. The van der Waals surface area contributed by atoms with Crippen LogP contribution in [0.3, 0.4) is 0 Å². The van der Waals surface area contributed by atoms with Crippen LogP contribution in [0.2, 0.25) is 0 Å². The number of nitrogens with zero attached hydrogens (tertiary/aromatic N) is 1. The third-order valence-corrected chi connectivity index (χ3v) is 2.57. The number of piperidine rings is 1. The summed E-state index contributed by atoms with van der Waals surface area (Å²) in [5.41, 5.74) is -0.502. The number of hydrogen-bond acceptors (Lipinski definition) is 4. The van der Waals surface area contributed by atoms with Gasteiger partial charge in [0.1, 0.15) is 5.60 Å². The standard InChI is InChI=1S/C12H22N2O3/c1-5-13-9-6-7-14(8-10(9)15)11(16)17-12(2,3)4/h5,9-10,13,15H,1,6-8H2,2-4H3. The quantitative estimate of drug-likeness (QED) is 0.761. The van der Waals surface area contributed by atoms with Gasteiger partial charge in [-0.1, -0.05) is 6.58 Å². The highest BCUT2D eigenvalue weighted by atomic mass is 16.6. The average molecular weight is 242 g/mol. The minimum Gasteiger partial charge on any atom is -0.444 e. The molecule has 2 atom stereocenters. The molecule has 0 aromatic heterocycles. The molecule has 5 nitrogen and oxygen atoms in total. The maximum absolute atomic E-state index is 11.8. The van der Waals surface area contributed by atoms with Crippen molar-refractivity contribution in [1.29, 1.82) is 0 Å². The average Bonchev–Trinajstić information content (AvgIpc) is 2.18. The molecule has 0 saturated carbocycles. The third-order valence-electron chi connectivity index (χ3n) is 2.57. The molecule has 0 spiro atoms. The van der Waals surface area contributed by atoms with Gasteiger partial charge < -0.3 is 20.1 Å². The van der Waals surface area contributed by atoms with Crippen molar-refractivity contribution in [3.8, 4) is 0 Å². The van der Waals surface area contributed by atoms with Crippen molar-refractivity contribution < 1.29 is 14.6 Å². The lowest BCUT2D eigenvalue weighted by atomic mass is 10.0. The van der Waals surface area contributed by atoms with Gasteiger partial charge in [0, 0.05) is 6.54 Å². The molecule has 17 heavy (non-hydrogen) atoms. The zero-order valence-corrected chi connectivity index (χ0v) is 10.8. The minimum absolute atomic E-state index is 0.0359. The van der Waals surface area contributed by atoms with E-state index in [0.717, 1.165) is 0 Å². The Morgan fingerprint density at radius 3 is 2.71 bits per heavy atom. The predicted octanol–water partition coefficient (Wildman–Crippen LogP) is 1.09. The van der Waals surface area contributed by atoms with Crippen molar-refractivity contribution in [2.75, 3.05) is 13.1 Å². The van der Waals surface area contributed by atoms with Gasteiger partial charge >= 0.3 is 6.09 Å². The number of amides is 1. The van der Waals surface area contributed by atoms with Crippen LogP contribution in [0.4, 0.5) is 4.79 Å². The van der Waals surface area contributed by atoms with Crippen LogP contribution in [-0.2, 0) is 4.74 Å². The van der Waals surface area contributed by atoms with E-state index in [1.165, 1.54) is 4.90 Å². The Morgan fingerprint density at radius 2 is 2.24 bits per heavy atom. The van der Waals surface area contributed by atoms with Gasteiger partial charge in [0.05, 0.1) is 18.7 Å². The lowest BCUT2D eigenvalue weighted by Gasteiger charge is -2.36. The van der Waals surface area contributed by atoms with Crippen molar-refractivity contribution in [3.63, 3.8) is 0 Å². The maximum atomic E-state index is 11.8. The molecule has 1 heterocycles. The summed E-state index contributed by atoms with van der Waals surface area (Å²) >= 11 is 0. The fourth-order valence-electron chi connectivity index (χ4n) is 1.77. The molecular formula is C12H22N2O3. The Hall–Kier alpha value is -1.23. The van der Waals surface area contributed by atoms with E-state index in [1.807, 2.05) is 20.8 Å². The van der Waals surface area contributed by atoms with Crippen molar-refractivity contribution in [3.05, 3.63) is 12.8 Å². The molecule has 1 fully saturated rings. The van der Waals surface area contributed by atoms with Gasteiger partial charge in [0.25, 0.3) is 0 Å². The molecular weight excluding hydrogens is 220 g/mol. The van der Waals surface area contributed by atoms with E-state index in [0.29, 0.717) is 19.5 Å². The Morgan fingerprint density at radius 1 is 1.59 bits per heavy atom. The third kappa shape index (κ3) is 4.26. The van der Waals surface area contributed by atoms with Gasteiger partial charge in [-0.05, 0) is 33.4 Å². The first-order valence-electron chi connectivity index (χ1n) is 5.86. The van der Waals surface area contributed by atoms with Crippen LogP contribution < -0.4 is 5.32 Å². The fourth-order valence-corrected chi connectivity index (χ4v) is 1.77. The Labute approximate surface area is 102 Å². The fraction of sp³-hybridized carbons (Fsp3) is 0.750. The van der Waals surface area contributed by atoms with Gasteiger partial charge in [0.2, 0.25) is 0 Å². The molecule has 1 saturated heterocycles. The summed E-state index contributed by atoms with van der Waals surface area (Å²) in [6.07, 6.45) is 1.30. The minimum atomic E-state index is -0.589. The molecule has 1 aliphatic rings. The van der Waals surface area contributed by atoms with E-state index in [2.05, 4.69) is 11.9 Å². The van der Waals surface area contributed by atoms with Crippen molar-refractivity contribution in [2.45, 2.75) is 44.9 Å². The first kappa shape index (κ1) is 13.8. The number of ether oxygens (including phenoxy) is 1. The summed E-state index contributed by atoms with van der Waals surface area (Å²) in [6, 6.07) is -0.0359. The predicted molar refractivity (Wildman–Crippen MR) is 65.6 cm³/mol. The van der Waals surface area contributed by atoms with Crippen LogP contribution in [0.1, 0.15) is 27.2 Å².